The predicted octanol–water partition coefficient (Wildman–Crippen LogP) is 3.76. The number of halogens is 4. The van der Waals surface area contributed by atoms with Gasteiger partial charge in [-0.15, -0.1) is 0 Å². The number of alkyl halides is 3. The number of likely N-dealkylation sites (N-methyl/N-ethyl adjacent to an activating group) is 1. The standard InChI is InChI=1S/C20H19ClF3N5O/c1-12-17(19(30)28-9-7-27(2)8-10-28)18-25-15(13-3-5-14(21)6-4-13)11-16(20(22,23)24)29(18)26-12/h3-6,11H,7-10H2,1-2H3. The molecule has 158 valence electrons. The minimum Gasteiger partial charge on any atom is -0.336 e. The Balaban J connectivity index is 1.89. The molecule has 1 amide bonds. The summed E-state index contributed by atoms with van der Waals surface area (Å²) >= 11 is 5.90. The van der Waals surface area contributed by atoms with E-state index in [1.165, 1.54) is 6.92 Å². The van der Waals surface area contributed by atoms with E-state index in [0.717, 1.165) is 10.6 Å². The minimum absolute atomic E-state index is 0.0961. The number of rotatable bonds is 2. The average Bonchev–Trinajstić information content (AvgIpc) is 3.02. The van der Waals surface area contributed by atoms with Crippen LogP contribution >= 0.6 is 11.6 Å². The Morgan fingerprint density at radius 2 is 1.73 bits per heavy atom. The first-order valence-electron chi connectivity index (χ1n) is 9.36. The van der Waals surface area contributed by atoms with E-state index >= 15 is 0 Å². The fraction of sp³-hybridized carbons (Fsp3) is 0.350. The molecule has 3 heterocycles. The molecule has 1 aromatic carbocycles. The summed E-state index contributed by atoms with van der Waals surface area (Å²) in [5.41, 5.74) is -0.219. The van der Waals surface area contributed by atoms with Gasteiger partial charge in [0.2, 0.25) is 0 Å². The Morgan fingerprint density at radius 3 is 2.33 bits per heavy atom. The molecule has 0 aliphatic carbocycles. The summed E-state index contributed by atoms with van der Waals surface area (Å²) < 4.78 is 42.1. The Hall–Kier alpha value is -2.65. The lowest BCUT2D eigenvalue weighted by Crippen LogP contribution is -2.47. The van der Waals surface area contributed by atoms with Crippen LogP contribution in [0.3, 0.4) is 0 Å². The van der Waals surface area contributed by atoms with Gasteiger partial charge in [-0.1, -0.05) is 23.7 Å². The Labute approximate surface area is 175 Å². The third-order valence-corrected chi connectivity index (χ3v) is 5.45. The zero-order valence-corrected chi connectivity index (χ0v) is 17.1. The van der Waals surface area contributed by atoms with E-state index < -0.39 is 11.9 Å². The maximum atomic E-state index is 13.8. The second-order valence-corrected chi connectivity index (χ2v) is 7.76. The van der Waals surface area contributed by atoms with Crippen LogP contribution in [0, 0.1) is 6.92 Å². The van der Waals surface area contributed by atoms with Crippen molar-refractivity contribution in [1.82, 2.24) is 24.4 Å². The van der Waals surface area contributed by atoms with Gasteiger partial charge < -0.3 is 9.80 Å². The predicted molar refractivity (Wildman–Crippen MR) is 107 cm³/mol. The highest BCUT2D eigenvalue weighted by atomic mass is 35.5. The van der Waals surface area contributed by atoms with E-state index in [2.05, 4.69) is 15.0 Å². The number of nitrogens with zero attached hydrogens (tertiary/aromatic N) is 5. The molecule has 0 radical (unpaired) electrons. The highest BCUT2D eigenvalue weighted by Crippen LogP contribution is 2.34. The number of hydrogen-bond donors (Lipinski definition) is 0. The van der Waals surface area contributed by atoms with Gasteiger partial charge >= 0.3 is 6.18 Å². The molecule has 2 aromatic heterocycles. The zero-order valence-electron chi connectivity index (χ0n) is 16.4. The van der Waals surface area contributed by atoms with Crippen molar-refractivity contribution in [2.24, 2.45) is 0 Å². The van der Waals surface area contributed by atoms with Crippen molar-refractivity contribution >= 4 is 23.2 Å². The lowest BCUT2D eigenvalue weighted by molar-refractivity contribution is -0.142. The normalized spacial score (nSPS) is 15.7. The molecular formula is C20H19ClF3N5O. The van der Waals surface area contributed by atoms with Crippen LogP contribution in [-0.4, -0.2) is 63.5 Å². The van der Waals surface area contributed by atoms with Crippen LogP contribution in [-0.2, 0) is 6.18 Å². The van der Waals surface area contributed by atoms with Crippen LogP contribution < -0.4 is 0 Å². The SMILES string of the molecule is Cc1nn2c(C(F)(F)F)cc(-c3ccc(Cl)cc3)nc2c1C(=O)N1CCN(C)CC1. The molecule has 3 aromatic rings. The molecule has 6 nitrogen and oxygen atoms in total. The lowest BCUT2D eigenvalue weighted by Gasteiger charge is -2.32. The quantitative estimate of drug-likeness (QED) is 0.612. The third-order valence-electron chi connectivity index (χ3n) is 5.20. The van der Waals surface area contributed by atoms with Gasteiger partial charge in [-0.25, -0.2) is 9.50 Å². The smallest absolute Gasteiger partial charge is 0.336 e. The summed E-state index contributed by atoms with van der Waals surface area (Å²) in [6, 6.07) is 7.27. The molecule has 0 bridgehead atoms. The minimum atomic E-state index is -4.67. The molecule has 0 N–H and O–H groups in total. The summed E-state index contributed by atoms with van der Waals surface area (Å²) in [6.45, 7) is 3.91. The van der Waals surface area contributed by atoms with Crippen molar-refractivity contribution < 1.29 is 18.0 Å². The number of aromatic nitrogens is 3. The van der Waals surface area contributed by atoms with E-state index in [1.807, 2.05) is 7.05 Å². The van der Waals surface area contributed by atoms with Crippen molar-refractivity contribution in [2.45, 2.75) is 13.1 Å². The van der Waals surface area contributed by atoms with Crippen LogP contribution in [0.4, 0.5) is 13.2 Å². The summed E-state index contributed by atoms with van der Waals surface area (Å²) in [7, 11) is 1.96. The largest absolute Gasteiger partial charge is 0.433 e. The Bertz CT molecular complexity index is 1100. The molecule has 0 spiro atoms. The first-order chi connectivity index (χ1) is 14.1. The maximum Gasteiger partial charge on any atom is 0.433 e. The van der Waals surface area contributed by atoms with Crippen molar-refractivity contribution in [3.63, 3.8) is 0 Å². The van der Waals surface area contributed by atoms with Crippen LogP contribution in [0.5, 0.6) is 0 Å². The summed E-state index contributed by atoms with van der Waals surface area (Å²) in [5, 5.41) is 4.47. The number of fused-ring (bicyclic) bond motifs is 1. The van der Waals surface area contributed by atoms with Crippen LogP contribution in [0.15, 0.2) is 30.3 Å². The Morgan fingerprint density at radius 1 is 1.10 bits per heavy atom. The second kappa shape index (κ2) is 7.55. The average molecular weight is 438 g/mol. The van der Waals surface area contributed by atoms with Gasteiger partial charge in [0.1, 0.15) is 5.56 Å². The molecule has 0 unspecified atom stereocenters. The summed E-state index contributed by atoms with van der Waals surface area (Å²) in [4.78, 5) is 21.3. The molecule has 0 saturated carbocycles. The molecule has 30 heavy (non-hydrogen) atoms. The maximum absolute atomic E-state index is 13.8. The number of carbonyl (C=O) groups excluding carboxylic acids is 1. The first-order valence-corrected chi connectivity index (χ1v) is 9.74. The van der Waals surface area contributed by atoms with E-state index in [9.17, 15) is 18.0 Å². The van der Waals surface area contributed by atoms with Gasteiger partial charge in [-0.2, -0.15) is 18.3 Å². The van der Waals surface area contributed by atoms with E-state index in [4.69, 9.17) is 11.6 Å². The first kappa shape index (κ1) is 20.6. The van der Waals surface area contributed by atoms with Gasteiger partial charge in [0.05, 0.1) is 11.4 Å². The fourth-order valence-corrected chi connectivity index (χ4v) is 3.64. The fourth-order valence-electron chi connectivity index (χ4n) is 3.51. The number of benzene rings is 1. The van der Waals surface area contributed by atoms with Gasteiger partial charge in [-0.3, -0.25) is 4.79 Å². The van der Waals surface area contributed by atoms with Crippen LogP contribution in [0.1, 0.15) is 21.7 Å². The molecule has 4 rings (SSSR count). The summed E-state index contributed by atoms with van der Waals surface area (Å²) in [6.07, 6.45) is -4.67. The number of amides is 1. The van der Waals surface area contributed by atoms with Crippen LogP contribution in [0.25, 0.3) is 16.9 Å². The highest BCUT2D eigenvalue weighted by Gasteiger charge is 2.37. The third kappa shape index (κ3) is 3.75. The van der Waals surface area contributed by atoms with Crippen molar-refractivity contribution in [3.05, 3.63) is 52.3 Å². The van der Waals surface area contributed by atoms with E-state index in [0.29, 0.717) is 36.8 Å². The van der Waals surface area contributed by atoms with Crippen molar-refractivity contribution in [2.75, 3.05) is 33.2 Å². The van der Waals surface area contributed by atoms with Gasteiger partial charge in [0.25, 0.3) is 5.91 Å². The molecule has 10 heteroatoms. The molecule has 0 atom stereocenters. The molecule has 1 fully saturated rings. The van der Waals surface area contributed by atoms with Crippen molar-refractivity contribution in [3.8, 4) is 11.3 Å². The molecule has 1 saturated heterocycles. The molecular weight excluding hydrogens is 419 g/mol. The topological polar surface area (TPSA) is 53.7 Å². The number of piperazine rings is 1. The van der Waals surface area contributed by atoms with Gasteiger partial charge in [0.15, 0.2) is 11.3 Å². The van der Waals surface area contributed by atoms with Gasteiger partial charge in [-0.05, 0) is 32.2 Å². The zero-order chi connectivity index (χ0) is 21.6. The Kier molecular flexibility index (Phi) is 5.19. The number of hydrogen-bond acceptors (Lipinski definition) is 4. The van der Waals surface area contributed by atoms with E-state index in [1.54, 1.807) is 29.2 Å². The molecule has 1 aliphatic rings. The highest BCUT2D eigenvalue weighted by molar-refractivity contribution is 6.30. The second-order valence-electron chi connectivity index (χ2n) is 7.32. The lowest BCUT2D eigenvalue weighted by atomic mass is 10.1. The number of aryl methyl sites for hydroxylation is 1. The molecule has 1 aliphatic heterocycles. The monoisotopic (exact) mass is 437 g/mol. The van der Waals surface area contributed by atoms with Crippen LogP contribution in [0.2, 0.25) is 5.02 Å². The van der Waals surface area contributed by atoms with E-state index in [-0.39, 0.29) is 28.5 Å². The van der Waals surface area contributed by atoms with Gasteiger partial charge in [0, 0.05) is 36.8 Å². The summed E-state index contributed by atoms with van der Waals surface area (Å²) in [5.74, 6) is -0.357. The van der Waals surface area contributed by atoms with Crippen molar-refractivity contribution in [1.29, 1.82) is 0 Å². The number of carbonyl (C=O) groups is 1.